The average molecular weight is 378 g/mol. The summed E-state index contributed by atoms with van der Waals surface area (Å²) >= 11 is 0. The molecule has 1 aromatic heterocycles. The molecule has 0 spiro atoms. The van der Waals surface area contributed by atoms with Crippen LogP contribution in [0.2, 0.25) is 0 Å². The largest absolute Gasteiger partial charge is 0.493 e. The van der Waals surface area contributed by atoms with Crippen LogP contribution in [0, 0.1) is 6.92 Å². The molecular weight excluding hydrogens is 352 g/mol. The van der Waals surface area contributed by atoms with Gasteiger partial charge in [-0.15, -0.1) is 5.10 Å². The molecule has 6 heteroatoms. The fourth-order valence-corrected chi connectivity index (χ4v) is 3.81. The number of hydrogen-bond acceptors (Lipinski definition) is 6. The first kappa shape index (κ1) is 18.5. The van der Waals surface area contributed by atoms with E-state index in [9.17, 15) is 0 Å². The molecule has 0 saturated carbocycles. The highest BCUT2D eigenvalue weighted by Gasteiger charge is 2.21. The third-order valence-corrected chi connectivity index (χ3v) is 5.38. The lowest BCUT2D eigenvalue weighted by atomic mass is 10.1. The van der Waals surface area contributed by atoms with Crippen molar-refractivity contribution in [3.8, 4) is 11.5 Å². The van der Waals surface area contributed by atoms with Crippen LogP contribution in [-0.2, 0) is 6.54 Å². The molecule has 28 heavy (non-hydrogen) atoms. The van der Waals surface area contributed by atoms with Crippen LogP contribution in [-0.4, -0.2) is 55.5 Å². The molecule has 2 aromatic carbocycles. The fourth-order valence-electron chi connectivity index (χ4n) is 3.81. The molecule has 0 N–H and O–H groups in total. The molecule has 4 rings (SSSR count). The Morgan fingerprint density at radius 1 is 0.857 bits per heavy atom. The van der Waals surface area contributed by atoms with Crippen molar-refractivity contribution in [2.45, 2.75) is 13.5 Å². The minimum atomic E-state index is 0.765. The predicted molar refractivity (Wildman–Crippen MR) is 111 cm³/mol. The summed E-state index contributed by atoms with van der Waals surface area (Å²) in [5.74, 6) is 2.54. The standard InChI is InChI=1S/C22H26N4O2/c1-16-18-6-4-5-7-19(18)22(24-23-16)26-12-10-25(11-13-26)15-17-8-9-20(27-2)21(14-17)28-3/h4-9,14H,10-13,15H2,1-3H3. The maximum absolute atomic E-state index is 5.42. The first-order valence-corrected chi connectivity index (χ1v) is 9.60. The van der Waals surface area contributed by atoms with Gasteiger partial charge in [0, 0.05) is 43.5 Å². The predicted octanol–water partition coefficient (Wildman–Crippen LogP) is 3.28. The maximum atomic E-state index is 5.42. The molecule has 0 amide bonds. The summed E-state index contributed by atoms with van der Waals surface area (Å²) in [7, 11) is 3.34. The van der Waals surface area contributed by atoms with E-state index in [0.717, 1.165) is 55.7 Å². The van der Waals surface area contributed by atoms with Crippen LogP contribution < -0.4 is 14.4 Å². The second kappa shape index (κ2) is 8.02. The first-order valence-electron chi connectivity index (χ1n) is 9.60. The summed E-state index contributed by atoms with van der Waals surface area (Å²) in [5, 5.41) is 11.2. The fraction of sp³-hybridized carbons (Fsp3) is 0.364. The Kier molecular flexibility index (Phi) is 5.30. The van der Waals surface area contributed by atoms with Crippen LogP contribution in [0.4, 0.5) is 5.82 Å². The van der Waals surface area contributed by atoms with E-state index < -0.39 is 0 Å². The van der Waals surface area contributed by atoms with Crippen molar-refractivity contribution in [2.24, 2.45) is 0 Å². The number of anilines is 1. The third-order valence-electron chi connectivity index (χ3n) is 5.38. The Morgan fingerprint density at radius 3 is 2.29 bits per heavy atom. The van der Waals surface area contributed by atoms with Gasteiger partial charge in [-0.2, -0.15) is 5.10 Å². The molecule has 0 bridgehead atoms. The van der Waals surface area contributed by atoms with E-state index in [1.54, 1.807) is 14.2 Å². The van der Waals surface area contributed by atoms with Crippen molar-refractivity contribution in [2.75, 3.05) is 45.3 Å². The second-order valence-corrected chi connectivity index (χ2v) is 7.11. The van der Waals surface area contributed by atoms with Crippen molar-refractivity contribution in [1.29, 1.82) is 0 Å². The lowest BCUT2D eigenvalue weighted by molar-refractivity contribution is 0.249. The summed E-state index contributed by atoms with van der Waals surface area (Å²) in [6, 6.07) is 14.5. The first-order chi connectivity index (χ1) is 13.7. The van der Waals surface area contributed by atoms with Gasteiger partial charge in [0.15, 0.2) is 17.3 Å². The Balaban J connectivity index is 1.45. The molecule has 1 aliphatic heterocycles. The van der Waals surface area contributed by atoms with E-state index in [1.165, 1.54) is 16.3 Å². The van der Waals surface area contributed by atoms with Crippen LogP contribution in [0.5, 0.6) is 11.5 Å². The van der Waals surface area contributed by atoms with Gasteiger partial charge in [0.2, 0.25) is 0 Å². The minimum absolute atomic E-state index is 0.765. The van der Waals surface area contributed by atoms with Crippen LogP contribution in [0.3, 0.4) is 0 Å². The quantitative estimate of drug-likeness (QED) is 0.679. The highest BCUT2D eigenvalue weighted by molar-refractivity contribution is 5.93. The third kappa shape index (κ3) is 3.60. The molecule has 1 saturated heterocycles. The molecule has 146 valence electrons. The maximum Gasteiger partial charge on any atom is 0.161 e. The van der Waals surface area contributed by atoms with Gasteiger partial charge in [0.05, 0.1) is 19.9 Å². The van der Waals surface area contributed by atoms with Crippen LogP contribution in [0.1, 0.15) is 11.3 Å². The number of benzene rings is 2. The van der Waals surface area contributed by atoms with E-state index in [2.05, 4.69) is 56.4 Å². The van der Waals surface area contributed by atoms with E-state index in [4.69, 9.17) is 9.47 Å². The lowest BCUT2D eigenvalue weighted by Crippen LogP contribution is -2.46. The molecule has 0 atom stereocenters. The zero-order chi connectivity index (χ0) is 19.5. The number of hydrogen-bond donors (Lipinski definition) is 0. The minimum Gasteiger partial charge on any atom is -0.493 e. The summed E-state index contributed by atoms with van der Waals surface area (Å²) in [6.45, 7) is 6.76. The lowest BCUT2D eigenvalue weighted by Gasteiger charge is -2.35. The highest BCUT2D eigenvalue weighted by atomic mass is 16.5. The zero-order valence-corrected chi connectivity index (χ0v) is 16.7. The molecule has 0 unspecified atom stereocenters. The van der Waals surface area contributed by atoms with Crippen molar-refractivity contribution in [3.63, 3.8) is 0 Å². The Morgan fingerprint density at radius 2 is 1.57 bits per heavy atom. The molecule has 3 aromatic rings. The number of aryl methyl sites for hydroxylation is 1. The molecule has 2 heterocycles. The number of rotatable bonds is 5. The number of ether oxygens (including phenoxy) is 2. The number of methoxy groups -OCH3 is 2. The highest BCUT2D eigenvalue weighted by Crippen LogP contribution is 2.29. The summed E-state index contributed by atoms with van der Waals surface area (Å²) < 4.78 is 10.8. The number of aromatic nitrogens is 2. The van der Waals surface area contributed by atoms with Crippen molar-refractivity contribution < 1.29 is 9.47 Å². The normalized spacial score (nSPS) is 15.0. The zero-order valence-electron chi connectivity index (χ0n) is 16.7. The summed E-state index contributed by atoms with van der Waals surface area (Å²) in [4.78, 5) is 4.81. The summed E-state index contributed by atoms with van der Waals surface area (Å²) in [6.07, 6.45) is 0. The number of fused-ring (bicyclic) bond motifs is 1. The summed E-state index contributed by atoms with van der Waals surface area (Å²) in [5.41, 5.74) is 2.21. The monoisotopic (exact) mass is 378 g/mol. The van der Waals surface area contributed by atoms with Gasteiger partial charge in [0.1, 0.15) is 0 Å². The van der Waals surface area contributed by atoms with Crippen molar-refractivity contribution in [1.82, 2.24) is 15.1 Å². The molecule has 6 nitrogen and oxygen atoms in total. The van der Waals surface area contributed by atoms with E-state index in [0.29, 0.717) is 0 Å². The van der Waals surface area contributed by atoms with Gasteiger partial charge < -0.3 is 14.4 Å². The smallest absolute Gasteiger partial charge is 0.161 e. The topological polar surface area (TPSA) is 50.7 Å². The average Bonchev–Trinajstić information content (AvgIpc) is 2.75. The molecule has 0 radical (unpaired) electrons. The van der Waals surface area contributed by atoms with Gasteiger partial charge in [-0.25, -0.2) is 0 Å². The van der Waals surface area contributed by atoms with Crippen LogP contribution in [0.15, 0.2) is 42.5 Å². The van der Waals surface area contributed by atoms with E-state index in [1.807, 2.05) is 13.0 Å². The van der Waals surface area contributed by atoms with Crippen molar-refractivity contribution in [3.05, 3.63) is 53.7 Å². The van der Waals surface area contributed by atoms with Crippen LogP contribution in [0.25, 0.3) is 10.8 Å². The Hall–Kier alpha value is -2.86. The van der Waals surface area contributed by atoms with Gasteiger partial charge in [-0.05, 0) is 24.6 Å². The second-order valence-electron chi connectivity index (χ2n) is 7.11. The molecular formula is C22H26N4O2. The van der Waals surface area contributed by atoms with E-state index >= 15 is 0 Å². The Labute approximate surface area is 165 Å². The number of nitrogens with zero attached hydrogens (tertiary/aromatic N) is 4. The van der Waals surface area contributed by atoms with Gasteiger partial charge in [0.25, 0.3) is 0 Å². The van der Waals surface area contributed by atoms with Crippen LogP contribution >= 0.6 is 0 Å². The van der Waals surface area contributed by atoms with E-state index in [-0.39, 0.29) is 0 Å². The number of piperazine rings is 1. The Bertz CT molecular complexity index is 968. The SMILES string of the molecule is COc1ccc(CN2CCN(c3nnc(C)c4ccccc34)CC2)cc1OC. The molecule has 1 aliphatic rings. The van der Waals surface area contributed by atoms with Gasteiger partial charge in [-0.3, -0.25) is 4.90 Å². The molecule has 0 aliphatic carbocycles. The van der Waals surface area contributed by atoms with Crippen molar-refractivity contribution >= 4 is 16.6 Å². The molecule has 1 fully saturated rings. The van der Waals surface area contributed by atoms with Gasteiger partial charge >= 0.3 is 0 Å². The van der Waals surface area contributed by atoms with Gasteiger partial charge in [-0.1, -0.05) is 30.3 Å².